The topological polar surface area (TPSA) is 43.1 Å². The summed E-state index contributed by atoms with van der Waals surface area (Å²) in [5.41, 5.74) is 5.59. The normalized spacial score (nSPS) is 10.5. The molecule has 2 aromatic carbocycles. The van der Waals surface area contributed by atoms with Crippen molar-refractivity contribution < 1.29 is 13.6 Å². The molecule has 2 nitrogen and oxygen atoms in total. The first-order valence-corrected chi connectivity index (χ1v) is 6.73. The van der Waals surface area contributed by atoms with Crippen LogP contribution in [0.15, 0.2) is 39.3 Å². The molecule has 0 radical (unpaired) electrons. The summed E-state index contributed by atoms with van der Waals surface area (Å²) in [6.45, 7) is 0. The summed E-state index contributed by atoms with van der Waals surface area (Å²) < 4.78 is 28.0. The third-order valence-corrected chi connectivity index (χ3v) is 3.83. The minimum Gasteiger partial charge on any atom is -0.398 e. The van der Waals surface area contributed by atoms with Crippen molar-refractivity contribution in [3.63, 3.8) is 0 Å². The molecule has 2 rings (SSSR count). The van der Waals surface area contributed by atoms with Crippen LogP contribution in [0, 0.1) is 11.6 Å². The third-order valence-electron chi connectivity index (χ3n) is 2.53. The van der Waals surface area contributed by atoms with E-state index in [1.165, 1.54) is 24.3 Å². The average molecular weight is 391 g/mol. The first kappa shape index (κ1) is 14.1. The minimum atomic E-state index is -0.919. The Balaban J connectivity index is 2.56. The molecule has 0 aliphatic carbocycles. The summed E-state index contributed by atoms with van der Waals surface area (Å²) >= 11 is 6.09. The van der Waals surface area contributed by atoms with Gasteiger partial charge in [0, 0.05) is 15.7 Å². The van der Waals surface area contributed by atoms with Gasteiger partial charge in [-0.05, 0) is 62.2 Å². The van der Waals surface area contributed by atoms with Gasteiger partial charge in [0.05, 0.1) is 10.0 Å². The number of nitrogen functional groups attached to an aromatic ring is 1. The second-order valence-corrected chi connectivity index (χ2v) is 5.49. The summed E-state index contributed by atoms with van der Waals surface area (Å²) in [6.07, 6.45) is 0. The molecule has 98 valence electrons. The van der Waals surface area contributed by atoms with Crippen LogP contribution in [-0.2, 0) is 0 Å². The Kier molecular flexibility index (Phi) is 4.01. The molecular weight excluding hydrogens is 384 g/mol. The number of carbonyl (C=O) groups is 1. The maximum Gasteiger partial charge on any atom is 0.199 e. The van der Waals surface area contributed by atoms with Crippen molar-refractivity contribution in [1.82, 2.24) is 0 Å². The molecule has 2 aromatic rings. The molecule has 0 aliphatic heterocycles. The fourth-order valence-corrected chi connectivity index (χ4v) is 2.26. The number of benzene rings is 2. The highest BCUT2D eigenvalue weighted by molar-refractivity contribution is 9.10. The smallest absolute Gasteiger partial charge is 0.199 e. The van der Waals surface area contributed by atoms with E-state index in [-0.39, 0.29) is 10.0 Å². The Labute approximate surface area is 124 Å². The molecule has 0 amide bonds. The third kappa shape index (κ3) is 2.69. The van der Waals surface area contributed by atoms with Gasteiger partial charge in [0.25, 0.3) is 0 Å². The fraction of sp³-hybridized carbons (Fsp3) is 0. The quantitative estimate of drug-likeness (QED) is 0.472. The number of hydrogen-bond acceptors (Lipinski definition) is 2. The zero-order chi connectivity index (χ0) is 14.2. The molecule has 0 atom stereocenters. The SMILES string of the molecule is Nc1ccc(C(=O)c2c(F)ccc(Br)c2F)cc1Br. The molecule has 0 saturated heterocycles. The molecule has 19 heavy (non-hydrogen) atoms. The summed E-state index contributed by atoms with van der Waals surface area (Å²) in [6, 6.07) is 6.58. The Bertz CT molecular complexity index is 674. The first-order valence-electron chi connectivity index (χ1n) is 5.15. The molecule has 0 fully saturated rings. The van der Waals surface area contributed by atoms with Crippen molar-refractivity contribution in [2.75, 3.05) is 5.73 Å². The average Bonchev–Trinajstić information content (AvgIpc) is 2.37. The molecule has 0 saturated carbocycles. The maximum absolute atomic E-state index is 13.8. The summed E-state index contributed by atoms with van der Waals surface area (Å²) in [4.78, 5) is 12.1. The van der Waals surface area contributed by atoms with Gasteiger partial charge in [-0.1, -0.05) is 0 Å². The van der Waals surface area contributed by atoms with Crippen LogP contribution in [-0.4, -0.2) is 5.78 Å². The second-order valence-electron chi connectivity index (χ2n) is 3.78. The van der Waals surface area contributed by atoms with Crippen LogP contribution >= 0.6 is 31.9 Å². The van der Waals surface area contributed by atoms with Crippen LogP contribution in [0.5, 0.6) is 0 Å². The van der Waals surface area contributed by atoms with Gasteiger partial charge in [-0.3, -0.25) is 4.79 Å². The van der Waals surface area contributed by atoms with Gasteiger partial charge in [0.2, 0.25) is 0 Å². The van der Waals surface area contributed by atoms with Crippen molar-refractivity contribution in [3.8, 4) is 0 Å². The number of halogens is 4. The van der Waals surface area contributed by atoms with Gasteiger partial charge in [0.1, 0.15) is 5.82 Å². The van der Waals surface area contributed by atoms with E-state index >= 15 is 0 Å². The van der Waals surface area contributed by atoms with E-state index in [0.717, 1.165) is 6.07 Å². The molecule has 0 unspecified atom stereocenters. The summed E-state index contributed by atoms with van der Waals surface area (Å²) in [7, 11) is 0. The lowest BCUT2D eigenvalue weighted by Gasteiger charge is -2.07. The number of hydrogen-bond donors (Lipinski definition) is 1. The lowest BCUT2D eigenvalue weighted by molar-refractivity contribution is 0.103. The molecule has 6 heteroatoms. The largest absolute Gasteiger partial charge is 0.398 e. The van der Waals surface area contributed by atoms with E-state index in [1.807, 2.05) is 0 Å². The first-order chi connectivity index (χ1) is 8.91. The number of carbonyl (C=O) groups excluding carboxylic acids is 1. The van der Waals surface area contributed by atoms with Crippen LogP contribution in [0.3, 0.4) is 0 Å². The van der Waals surface area contributed by atoms with Crippen LogP contribution < -0.4 is 5.73 Å². The van der Waals surface area contributed by atoms with E-state index in [2.05, 4.69) is 31.9 Å². The van der Waals surface area contributed by atoms with E-state index in [4.69, 9.17) is 5.73 Å². The van der Waals surface area contributed by atoms with Crippen molar-refractivity contribution >= 4 is 43.3 Å². The Morgan fingerprint density at radius 2 is 1.74 bits per heavy atom. The van der Waals surface area contributed by atoms with Crippen LogP contribution in [0.25, 0.3) is 0 Å². The standard InChI is InChI=1S/C13H7Br2F2NO/c14-7-2-3-9(16)11(12(7)17)13(19)6-1-4-10(18)8(15)5-6/h1-5H,18H2. The van der Waals surface area contributed by atoms with Gasteiger partial charge in [0.15, 0.2) is 11.6 Å². The molecule has 2 N–H and O–H groups in total. The number of nitrogens with two attached hydrogens (primary N) is 1. The van der Waals surface area contributed by atoms with Crippen molar-refractivity contribution in [2.24, 2.45) is 0 Å². The highest BCUT2D eigenvalue weighted by Crippen LogP contribution is 2.26. The van der Waals surface area contributed by atoms with E-state index in [0.29, 0.717) is 10.2 Å². The highest BCUT2D eigenvalue weighted by atomic mass is 79.9. The Hall–Kier alpha value is -1.27. The fourth-order valence-electron chi connectivity index (χ4n) is 1.55. The van der Waals surface area contributed by atoms with Gasteiger partial charge < -0.3 is 5.73 Å². The molecule has 0 bridgehead atoms. The molecular formula is C13H7Br2F2NO. The lowest BCUT2D eigenvalue weighted by atomic mass is 10.0. The minimum absolute atomic E-state index is 0.0340. The van der Waals surface area contributed by atoms with Crippen molar-refractivity contribution in [2.45, 2.75) is 0 Å². The van der Waals surface area contributed by atoms with Crippen molar-refractivity contribution in [3.05, 3.63) is 62.0 Å². The van der Waals surface area contributed by atoms with Gasteiger partial charge in [-0.15, -0.1) is 0 Å². The van der Waals surface area contributed by atoms with Gasteiger partial charge in [-0.25, -0.2) is 8.78 Å². The monoisotopic (exact) mass is 389 g/mol. The number of anilines is 1. The zero-order valence-electron chi connectivity index (χ0n) is 9.38. The van der Waals surface area contributed by atoms with E-state index in [9.17, 15) is 13.6 Å². The molecule has 0 spiro atoms. The van der Waals surface area contributed by atoms with Crippen LogP contribution in [0.1, 0.15) is 15.9 Å². The van der Waals surface area contributed by atoms with E-state index < -0.39 is 23.0 Å². The number of rotatable bonds is 2. The highest BCUT2D eigenvalue weighted by Gasteiger charge is 2.21. The van der Waals surface area contributed by atoms with Gasteiger partial charge in [-0.2, -0.15) is 0 Å². The second kappa shape index (κ2) is 5.38. The predicted octanol–water partition coefficient (Wildman–Crippen LogP) is 4.30. The lowest BCUT2D eigenvalue weighted by Crippen LogP contribution is -2.08. The number of ketones is 1. The molecule has 0 heterocycles. The predicted molar refractivity (Wildman–Crippen MR) is 76.0 cm³/mol. The summed E-state index contributed by atoms with van der Waals surface area (Å²) in [5.74, 6) is -2.56. The maximum atomic E-state index is 13.8. The molecule has 0 aromatic heterocycles. The Morgan fingerprint density at radius 1 is 1.05 bits per heavy atom. The van der Waals surface area contributed by atoms with Gasteiger partial charge >= 0.3 is 0 Å². The van der Waals surface area contributed by atoms with Crippen LogP contribution in [0.4, 0.5) is 14.5 Å². The molecule has 0 aliphatic rings. The Morgan fingerprint density at radius 3 is 2.37 bits per heavy atom. The van der Waals surface area contributed by atoms with Crippen molar-refractivity contribution in [1.29, 1.82) is 0 Å². The van der Waals surface area contributed by atoms with Crippen LogP contribution in [0.2, 0.25) is 0 Å². The van der Waals surface area contributed by atoms with E-state index in [1.54, 1.807) is 0 Å². The zero-order valence-corrected chi connectivity index (χ0v) is 12.6. The summed E-state index contributed by atoms with van der Waals surface area (Å²) in [5, 5.41) is 0.